The van der Waals surface area contributed by atoms with Gasteiger partial charge in [0.05, 0.1) is 5.92 Å². The molecule has 1 unspecified atom stereocenters. The van der Waals surface area contributed by atoms with E-state index in [1.807, 2.05) is 0 Å². The van der Waals surface area contributed by atoms with Gasteiger partial charge in [-0.1, -0.05) is 0 Å². The Balaban J connectivity index is 0.00000132. The molecule has 1 aliphatic heterocycles. The van der Waals surface area contributed by atoms with Gasteiger partial charge in [0.2, 0.25) is 0 Å². The molecule has 1 saturated heterocycles. The molecule has 2 aromatic rings. The molecule has 9 heteroatoms. The number of carbonyl (C=O) groups is 2. The van der Waals surface area contributed by atoms with Crippen molar-refractivity contribution in [3.63, 3.8) is 0 Å². The number of aromatic nitrogens is 3. The third-order valence-corrected chi connectivity index (χ3v) is 3.59. The lowest BCUT2D eigenvalue weighted by molar-refractivity contribution is -0.141. The lowest BCUT2D eigenvalue weighted by atomic mass is 10.1. The molecule has 1 aliphatic rings. The molecule has 23 heavy (non-hydrogen) atoms. The number of hydrogen-bond donors (Lipinski definition) is 1. The first kappa shape index (κ1) is 18.9. The minimum absolute atomic E-state index is 0. The average molecular weight is 359 g/mol. The van der Waals surface area contributed by atoms with Crippen molar-refractivity contribution in [3.05, 3.63) is 42.6 Å². The molecule has 0 aromatic carbocycles. The van der Waals surface area contributed by atoms with Gasteiger partial charge >= 0.3 is 5.97 Å². The van der Waals surface area contributed by atoms with Crippen molar-refractivity contribution in [2.24, 2.45) is 5.92 Å². The largest absolute Gasteiger partial charge is 0.481 e. The highest BCUT2D eigenvalue weighted by molar-refractivity contribution is 5.95. The highest BCUT2D eigenvalue weighted by Gasteiger charge is 2.31. The van der Waals surface area contributed by atoms with Gasteiger partial charge in [-0.3, -0.25) is 14.2 Å². The Morgan fingerprint density at radius 2 is 2.04 bits per heavy atom. The summed E-state index contributed by atoms with van der Waals surface area (Å²) in [7, 11) is 0. The monoisotopic (exact) mass is 358 g/mol. The molecule has 1 fully saturated rings. The SMILES string of the molecule is Cl.Cl.O=C(O)C1CCN(C(=O)c2ccnc(-n3ccnc3)c2)C1. The van der Waals surface area contributed by atoms with Gasteiger partial charge in [0, 0.05) is 37.2 Å². The maximum absolute atomic E-state index is 12.4. The predicted octanol–water partition coefficient (Wildman–Crippen LogP) is 1.66. The number of amides is 1. The summed E-state index contributed by atoms with van der Waals surface area (Å²) in [5.41, 5.74) is 0.500. The van der Waals surface area contributed by atoms with E-state index < -0.39 is 11.9 Å². The van der Waals surface area contributed by atoms with Crippen LogP contribution in [-0.4, -0.2) is 49.5 Å². The molecular weight excluding hydrogens is 343 g/mol. The molecule has 0 saturated carbocycles. The zero-order valence-corrected chi connectivity index (χ0v) is 13.7. The number of carboxylic acids is 1. The van der Waals surface area contributed by atoms with Gasteiger partial charge in [-0.05, 0) is 18.6 Å². The molecule has 1 N–H and O–H groups in total. The van der Waals surface area contributed by atoms with Crippen LogP contribution in [0, 0.1) is 5.92 Å². The first-order valence-electron chi connectivity index (χ1n) is 6.61. The Morgan fingerprint density at radius 1 is 1.26 bits per heavy atom. The number of nitrogens with zero attached hydrogens (tertiary/aromatic N) is 4. The summed E-state index contributed by atoms with van der Waals surface area (Å²) < 4.78 is 1.71. The van der Waals surface area contributed by atoms with Crippen LogP contribution in [0.5, 0.6) is 0 Å². The van der Waals surface area contributed by atoms with E-state index in [1.165, 1.54) is 0 Å². The summed E-state index contributed by atoms with van der Waals surface area (Å²) in [6, 6.07) is 3.31. The number of carboxylic acid groups (broad SMARTS) is 1. The van der Waals surface area contributed by atoms with Gasteiger partial charge in [0.25, 0.3) is 5.91 Å². The Kier molecular flexibility index (Phi) is 6.53. The lowest BCUT2D eigenvalue weighted by Gasteiger charge is -2.16. The molecule has 0 aliphatic carbocycles. The second-order valence-corrected chi connectivity index (χ2v) is 4.95. The van der Waals surface area contributed by atoms with E-state index >= 15 is 0 Å². The maximum atomic E-state index is 12.4. The van der Waals surface area contributed by atoms with Crippen LogP contribution < -0.4 is 0 Å². The van der Waals surface area contributed by atoms with Crippen molar-refractivity contribution in [1.82, 2.24) is 19.4 Å². The first-order valence-corrected chi connectivity index (χ1v) is 6.61. The quantitative estimate of drug-likeness (QED) is 0.901. The van der Waals surface area contributed by atoms with Gasteiger partial charge < -0.3 is 10.0 Å². The number of carbonyl (C=O) groups excluding carboxylic acids is 1. The van der Waals surface area contributed by atoms with Crippen LogP contribution in [0.2, 0.25) is 0 Å². The molecular formula is C14H16Cl2N4O3. The Morgan fingerprint density at radius 3 is 2.65 bits per heavy atom. The van der Waals surface area contributed by atoms with Gasteiger partial charge in [0.1, 0.15) is 12.1 Å². The second-order valence-electron chi connectivity index (χ2n) is 4.95. The highest BCUT2D eigenvalue weighted by Crippen LogP contribution is 2.19. The number of halogens is 2. The zero-order chi connectivity index (χ0) is 14.8. The topological polar surface area (TPSA) is 88.3 Å². The summed E-state index contributed by atoms with van der Waals surface area (Å²) in [5, 5.41) is 8.99. The van der Waals surface area contributed by atoms with Crippen LogP contribution in [-0.2, 0) is 4.79 Å². The van der Waals surface area contributed by atoms with Crippen LogP contribution in [0.4, 0.5) is 0 Å². The number of likely N-dealkylation sites (tertiary alicyclic amines) is 1. The van der Waals surface area contributed by atoms with E-state index in [0.717, 1.165) is 0 Å². The summed E-state index contributed by atoms with van der Waals surface area (Å²) in [6.45, 7) is 0.732. The third kappa shape index (κ3) is 4.00. The first-order chi connectivity index (χ1) is 10.1. The van der Waals surface area contributed by atoms with Gasteiger partial charge in [0.15, 0.2) is 0 Å². The molecule has 124 valence electrons. The van der Waals surface area contributed by atoms with E-state index in [2.05, 4.69) is 9.97 Å². The zero-order valence-electron chi connectivity index (χ0n) is 12.0. The molecule has 0 radical (unpaired) electrons. The Labute approximate surface area is 145 Å². The fourth-order valence-electron chi connectivity index (χ4n) is 2.42. The van der Waals surface area contributed by atoms with Crippen molar-refractivity contribution in [1.29, 1.82) is 0 Å². The molecule has 0 bridgehead atoms. The summed E-state index contributed by atoms with van der Waals surface area (Å²) in [4.78, 5) is 33.1. The summed E-state index contributed by atoms with van der Waals surface area (Å²) in [6.07, 6.45) is 7.04. The standard InChI is InChI=1S/C14H14N4O3.2ClH/c19-13(17-5-2-11(8-17)14(20)21)10-1-3-16-12(7-10)18-6-4-15-9-18;;/h1,3-4,6-7,9,11H,2,5,8H2,(H,20,21);2*1H. The average Bonchev–Trinajstić information content (AvgIpc) is 3.18. The fraction of sp³-hybridized carbons (Fsp3) is 0.286. The maximum Gasteiger partial charge on any atom is 0.308 e. The smallest absolute Gasteiger partial charge is 0.308 e. The summed E-state index contributed by atoms with van der Waals surface area (Å²) in [5.74, 6) is -0.877. The second kappa shape index (κ2) is 7.94. The van der Waals surface area contributed by atoms with Crippen molar-refractivity contribution >= 4 is 36.7 Å². The van der Waals surface area contributed by atoms with E-state index in [0.29, 0.717) is 24.3 Å². The van der Waals surface area contributed by atoms with Crippen LogP contribution >= 0.6 is 24.8 Å². The van der Waals surface area contributed by atoms with E-state index in [4.69, 9.17) is 5.11 Å². The normalized spacial score (nSPS) is 16.3. The van der Waals surface area contributed by atoms with Gasteiger partial charge in [-0.15, -0.1) is 24.8 Å². The number of imidazole rings is 1. The van der Waals surface area contributed by atoms with Crippen molar-refractivity contribution in [2.45, 2.75) is 6.42 Å². The minimum atomic E-state index is -0.848. The van der Waals surface area contributed by atoms with Crippen molar-refractivity contribution < 1.29 is 14.7 Å². The van der Waals surface area contributed by atoms with Gasteiger partial charge in [-0.25, -0.2) is 9.97 Å². The molecule has 7 nitrogen and oxygen atoms in total. The summed E-state index contributed by atoms with van der Waals surface area (Å²) >= 11 is 0. The molecule has 2 aromatic heterocycles. The molecule has 3 heterocycles. The molecule has 1 atom stereocenters. The Hall–Kier alpha value is -2.12. The van der Waals surface area contributed by atoms with Crippen molar-refractivity contribution in [2.75, 3.05) is 13.1 Å². The van der Waals surface area contributed by atoms with Crippen LogP contribution in [0.25, 0.3) is 5.82 Å². The Bertz CT molecular complexity index is 678. The van der Waals surface area contributed by atoms with E-state index in [1.54, 1.807) is 46.5 Å². The predicted molar refractivity (Wildman–Crippen MR) is 87.5 cm³/mol. The number of pyridine rings is 1. The van der Waals surface area contributed by atoms with Crippen LogP contribution in [0.3, 0.4) is 0 Å². The lowest BCUT2D eigenvalue weighted by Crippen LogP contribution is -2.30. The molecule has 3 rings (SSSR count). The fourth-order valence-corrected chi connectivity index (χ4v) is 2.42. The molecule has 1 amide bonds. The third-order valence-electron chi connectivity index (χ3n) is 3.59. The minimum Gasteiger partial charge on any atom is -0.481 e. The van der Waals surface area contributed by atoms with Gasteiger partial charge in [-0.2, -0.15) is 0 Å². The van der Waals surface area contributed by atoms with Crippen molar-refractivity contribution in [3.8, 4) is 5.82 Å². The van der Waals surface area contributed by atoms with Crippen LogP contribution in [0.1, 0.15) is 16.8 Å². The molecule has 0 spiro atoms. The number of rotatable bonds is 3. The van der Waals surface area contributed by atoms with Crippen LogP contribution in [0.15, 0.2) is 37.1 Å². The van der Waals surface area contributed by atoms with E-state index in [9.17, 15) is 9.59 Å². The highest BCUT2D eigenvalue weighted by atomic mass is 35.5. The number of aliphatic carboxylic acids is 1. The number of hydrogen-bond acceptors (Lipinski definition) is 4. The van der Waals surface area contributed by atoms with E-state index in [-0.39, 0.29) is 37.3 Å².